The Morgan fingerprint density at radius 2 is 1.73 bits per heavy atom. The molecule has 10 heteroatoms. The number of halogens is 2. The Morgan fingerprint density at radius 1 is 1.08 bits per heavy atom. The van der Waals surface area contributed by atoms with Gasteiger partial charge in [0.15, 0.2) is 5.75 Å². The molecule has 1 saturated heterocycles. The van der Waals surface area contributed by atoms with Crippen LogP contribution in [0.25, 0.3) is 0 Å². The lowest BCUT2D eigenvalue weighted by atomic mass is 9.98. The number of nitrogens with one attached hydrogen (secondary N) is 1. The number of amides is 2. The molecule has 2 unspecified atom stereocenters. The third-order valence-corrected chi connectivity index (χ3v) is 6.37. The fraction of sp³-hybridized carbons (Fsp3) is 0.481. The molecule has 2 aromatic rings. The highest BCUT2D eigenvalue weighted by Gasteiger charge is 2.32. The summed E-state index contributed by atoms with van der Waals surface area (Å²) in [7, 11) is 0. The highest BCUT2D eigenvalue weighted by atomic mass is 35.5. The van der Waals surface area contributed by atoms with Crippen molar-refractivity contribution in [1.29, 1.82) is 0 Å². The first-order valence-electron chi connectivity index (χ1n) is 12.3. The molecule has 202 valence electrons. The number of ether oxygens (including phenoxy) is 3. The van der Waals surface area contributed by atoms with E-state index in [4.69, 9.17) is 43.1 Å². The maximum absolute atomic E-state index is 13.1. The fourth-order valence-corrected chi connectivity index (χ4v) is 4.52. The minimum atomic E-state index is -0.567. The van der Waals surface area contributed by atoms with Crippen LogP contribution in [0.4, 0.5) is 4.79 Å². The number of para-hydroxylation sites is 1. The van der Waals surface area contributed by atoms with E-state index in [1.54, 1.807) is 23.1 Å². The zero-order chi connectivity index (χ0) is 27.0. The van der Waals surface area contributed by atoms with Crippen LogP contribution in [0.15, 0.2) is 42.5 Å². The number of alkyl carbamates (subject to hydrolysis) is 1. The number of carbonyl (C=O) groups is 2. The minimum Gasteiger partial charge on any atom is -0.490 e. The first-order chi connectivity index (χ1) is 17.6. The molecule has 1 aliphatic heterocycles. The fourth-order valence-electron chi connectivity index (χ4n) is 4.01. The second-order valence-corrected chi connectivity index (χ2v) is 10.8. The van der Waals surface area contributed by atoms with Crippen molar-refractivity contribution in [2.45, 2.75) is 45.3 Å². The number of rotatable bonds is 10. The molecule has 8 nitrogen and oxygen atoms in total. The van der Waals surface area contributed by atoms with Gasteiger partial charge in [-0.3, -0.25) is 4.79 Å². The second-order valence-electron chi connectivity index (χ2n) is 9.94. The lowest BCUT2D eigenvalue weighted by Crippen LogP contribution is -2.43. The molecule has 0 aliphatic carbocycles. The van der Waals surface area contributed by atoms with Crippen LogP contribution in [-0.4, -0.2) is 61.4 Å². The zero-order valence-electron chi connectivity index (χ0n) is 21.5. The van der Waals surface area contributed by atoms with Crippen molar-refractivity contribution in [2.75, 3.05) is 32.8 Å². The van der Waals surface area contributed by atoms with Crippen molar-refractivity contribution in [2.24, 2.45) is 11.7 Å². The van der Waals surface area contributed by atoms with Gasteiger partial charge in [-0.15, -0.1) is 0 Å². The van der Waals surface area contributed by atoms with E-state index in [0.29, 0.717) is 54.1 Å². The zero-order valence-corrected chi connectivity index (χ0v) is 23.0. The van der Waals surface area contributed by atoms with Crippen LogP contribution in [0.3, 0.4) is 0 Å². The summed E-state index contributed by atoms with van der Waals surface area (Å²) in [5.74, 6) is 0.767. The SMILES string of the molecule is CC(C)(C)OC(=O)NC1CCN(C(=O)C(CN)Cc2ccc(OCCOc3c(Cl)cccc3Cl)cc2)C1. The van der Waals surface area contributed by atoms with Crippen molar-refractivity contribution >= 4 is 35.2 Å². The number of hydrogen-bond donors (Lipinski definition) is 2. The van der Waals surface area contributed by atoms with Gasteiger partial charge in [0.25, 0.3) is 0 Å². The van der Waals surface area contributed by atoms with E-state index >= 15 is 0 Å². The summed E-state index contributed by atoms with van der Waals surface area (Å²) >= 11 is 12.2. The standard InChI is InChI=1S/C27H35Cl2N3O5/c1-27(2,3)37-26(34)31-20-11-12-32(17-20)25(33)19(16-30)15-18-7-9-21(10-8-18)35-13-14-36-24-22(28)5-4-6-23(24)29/h4-10,19-20H,11-17,30H2,1-3H3,(H,31,34). The maximum Gasteiger partial charge on any atom is 0.407 e. The van der Waals surface area contributed by atoms with Crippen LogP contribution in [0, 0.1) is 5.92 Å². The van der Waals surface area contributed by atoms with Crippen LogP contribution >= 0.6 is 23.2 Å². The van der Waals surface area contributed by atoms with Gasteiger partial charge in [-0.2, -0.15) is 0 Å². The Hall–Kier alpha value is -2.68. The summed E-state index contributed by atoms with van der Waals surface area (Å²) in [5.41, 5.74) is 6.38. The number of hydrogen-bond acceptors (Lipinski definition) is 6. The van der Waals surface area contributed by atoms with Gasteiger partial charge in [-0.1, -0.05) is 41.4 Å². The molecule has 1 heterocycles. The van der Waals surface area contributed by atoms with E-state index in [1.165, 1.54) is 0 Å². The summed E-state index contributed by atoms with van der Waals surface area (Å²) in [6.07, 6.45) is 0.731. The van der Waals surface area contributed by atoms with Gasteiger partial charge in [0.05, 0.1) is 22.0 Å². The molecular formula is C27H35Cl2N3O5. The quantitative estimate of drug-likeness (QED) is 0.415. The van der Waals surface area contributed by atoms with E-state index in [0.717, 1.165) is 5.56 Å². The average molecular weight is 552 g/mol. The van der Waals surface area contributed by atoms with Crippen LogP contribution in [0.1, 0.15) is 32.8 Å². The lowest BCUT2D eigenvalue weighted by molar-refractivity contribution is -0.134. The highest BCUT2D eigenvalue weighted by molar-refractivity contribution is 6.37. The van der Waals surface area contributed by atoms with E-state index in [2.05, 4.69) is 5.32 Å². The van der Waals surface area contributed by atoms with Crippen molar-refractivity contribution in [3.05, 3.63) is 58.1 Å². The van der Waals surface area contributed by atoms with Crippen molar-refractivity contribution in [3.63, 3.8) is 0 Å². The van der Waals surface area contributed by atoms with Crippen molar-refractivity contribution in [1.82, 2.24) is 10.2 Å². The van der Waals surface area contributed by atoms with Crippen molar-refractivity contribution in [3.8, 4) is 11.5 Å². The van der Waals surface area contributed by atoms with Crippen LogP contribution in [-0.2, 0) is 16.0 Å². The number of nitrogens with two attached hydrogens (primary N) is 1. The van der Waals surface area contributed by atoms with Crippen LogP contribution in [0.2, 0.25) is 10.0 Å². The monoisotopic (exact) mass is 551 g/mol. The predicted octanol–water partition coefficient (Wildman–Crippen LogP) is 4.69. The molecule has 0 aromatic heterocycles. The second kappa shape index (κ2) is 13.2. The summed E-state index contributed by atoms with van der Waals surface area (Å²) in [6.45, 7) is 7.30. The van der Waals surface area contributed by atoms with Gasteiger partial charge in [-0.25, -0.2) is 4.79 Å². The van der Waals surface area contributed by atoms with Gasteiger partial charge in [-0.05, 0) is 63.4 Å². The first-order valence-corrected chi connectivity index (χ1v) is 13.1. The van der Waals surface area contributed by atoms with Crippen molar-refractivity contribution < 1.29 is 23.8 Å². The molecule has 1 fully saturated rings. The lowest BCUT2D eigenvalue weighted by Gasteiger charge is -2.24. The van der Waals surface area contributed by atoms with Crippen LogP contribution < -0.4 is 20.5 Å². The Labute approximate surface area is 228 Å². The average Bonchev–Trinajstić information content (AvgIpc) is 3.29. The highest BCUT2D eigenvalue weighted by Crippen LogP contribution is 2.32. The molecule has 3 N–H and O–H groups in total. The van der Waals surface area contributed by atoms with E-state index < -0.39 is 11.7 Å². The number of nitrogens with zero attached hydrogens (tertiary/aromatic N) is 1. The summed E-state index contributed by atoms with van der Waals surface area (Å²) in [6, 6.07) is 12.6. The van der Waals surface area contributed by atoms with Gasteiger partial charge >= 0.3 is 6.09 Å². The first kappa shape index (κ1) is 28.9. The summed E-state index contributed by atoms with van der Waals surface area (Å²) < 4.78 is 16.7. The summed E-state index contributed by atoms with van der Waals surface area (Å²) in [4.78, 5) is 26.9. The normalized spacial score (nSPS) is 16.3. The van der Waals surface area contributed by atoms with Gasteiger partial charge in [0.1, 0.15) is 24.6 Å². The Balaban J connectivity index is 1.44. The third-order valence-electron chi connectivity index (χ3n) is 5.78. The molecule has 0 bridgehead atoms. The molecule has 0 spiro atoms. The largest absolute Gasteiger partial charge is 0.490 e. The molecule has 2 aromatic carbocycles. The molecular weight excluding hydrogens is 517 g/mol. The Bertz CT molecular complexity index is 1040. The van der Waals surface area contributed by atoms with Gasteiger partial charge < -0.3 is 30.2 Å². The number of likely N-dealkylation sites (tertiary alicyclic amines) is 1. The minimum absolute atomic E-state index is 0.00769. The predicted molar refractivity (Wildman–Crippen MR) is 144 cm³/mol. The molecule has 3 rings (SSSR count). The smallest absolute Gasteiger partial charge is 0.407 e. The third kappa shape index (κ3) is 8.98. The topological polar surface area (TPSA) is 103 Å². The van der Waals surface area contributed by atoms with E-state index in [1.807, 2.05) is 45.0 Å². The van der Waals surface area contributed by atoms with E-state index in [9.17, 15) is 9.59 Å². The molecule has 0 saturated carbocycles. The van der Waals surface area contributed by atoms with E-state index in [-0.39, 0.29) is 31.0 Å². The molecule has 37 heavy (non-hydrogen) atoms. The van der Waals surface area contributed by atoms with Gasteiger partial charge in [0.2, 0.25) is 5.91 Å². The molecule has 2 amide bonds. The molecule has 1 aliphatic rings. The maximum atomic E-state index is 13.1. The number of carbonyl (C=O) groups excluding carboxylic acids is 2. The summed E-state index contributed by atoms with van der Waals surface area (Å²) in [5, 5.41) is 3.74. The van der Waals surface area contributed by atoms with Crippen LogP contribution in [0.5, 0.6) is 11.5 Å². The molecule has 2 atom stereocenters. The molecule has 0 radical (unpaired) electrons. The number of benzene rings is 2. The Kier molecular flexibility index (Phi) is 10.3. The Morgan fingerprint density at radius 3 is 2.35 bits per heavy atom. The van der Waals surface area contributed by atoms with Gasteiger partial charge in [0, 0.05) is 19.6 Å².